The molecule has 1 aromatic heterocycles. The van der Waals surface area contributed by atoms with E-state index in [2.05, 4.69) is 70.8 Å². The Kier molecular flexibility index (Phi) is 8.82. The molecule has 6 aliphatic rings. The standard InChI is InChI=1S/C46H48N6O7/c1-44(2,27-3-8-33(9-4-27)58-24-30-15-16-47-43(49-30)51-25-46(26-51)20-32(53)21-46)28-5-10-34(11-6-28)59-35-22-45(23-35)18-31(19-45)48-29-7-12-36-37(17-29)42(57)52(41(36)56)38-13-14-39(54)50-40(38)55/h3-12,15-17,31-32,35,38,48,53H,13-14,18-26H2,1-2H3,(H,50,54,55). The number of nitrogens with zero attached hydrogens (tertiary/aromatic N) is 4. The second-order valence-electron chi connectivity index (χ2n) is 18.3. The molecule has 2 saturated heterocycles. The fraction of sp³-hybridized carbons (Fsp3) is 0.435. The number of aromatic nitrogens is 2. The molecule has 13 nitrogen and oxygen atoms in total. The van der Waals surface area contributed by atoms with Gasteiger partial charge in [0.05, 0.1) is 29.0 Å². The molecule has 59 heavy (non-hydrogen) atoms. The van der Waals surface area contributed by atoms with Crippen LogP contribution in [-0.2, 0) is 21.6 Å². The maximum atomic E-state index is 13.2. The average molecular weight is 797 g/mol. The number of amides is 4. The minimum Gasteiger partial charge on any atom is -0.490 e. The van der Waals surface area contributed by atoms with E-state index in [-0.39, 0.29) is 58.5 Å². The molecule has 4 amide bonds. The molecule has 3 saturated carbocycles. The number of aliphatic hydroxyl groups is 1. The van der Waals surface area contributed by atoms with Crippen LogP contribution in [0.3, 0.4) is 0 Å². The Labute approximate surface area is 342 Å². The number of hydrogen-bond donors (Lipinski definition) is 3. The molecule has 10 rings (SSSR count). The summed E-state index contributed by atoms with van der Waals surface area (Å²) in [5.74, 6) is 0.376. The third-order valence-corrected chi connectivity index (χ3v) is 13.7. The van der Waals surface area contributed by atoms with Gasteiger partial charge < -0.3 is 24.8 Å². The summed E-state index contributed by atoms with van der Waals surface area (Å²) in [4.78, 5) is 62.7. The zero-order valence-electron chi connectivity index (χ0n) is 33.3. The van der Waals surface area contributed by atoms with Crippen molar-refractivity contribution in [3.63, 3.8) is 0 Å². The second-order valence-corrected chi connectivity index (χ2v) is 18.3. The summed E-state index contributed by atoms with van der Waals surface area (Å²) in [6, 6.07) is 23.0. The number of imide groups is 2. The first-order valence-corrected chi connectivity index (χ1v) is 20.7. The molecule has 304 valence electrons. The number of fused-ring (bicyclic) bond motifs is 1. The number of hydrogen-bond acceptors (Lipinski definition) is 11. The molecule has 4 heterocycles. The molecule has 13 heteroatoms. The normalized spacial score (nSPS) is 25.8. The van der Waals surface area contributed by atoms with Gasteiger partial charge in [-0.2, -0.15) is 0 Å². The first-order valence-electron chi connectivity index (χ1n) is 20.7. The van der Waals surface area contributed by atoms with Crippen molar-refractivity contribution in [1.82, 2.24) is 20.2 Å². The highest BCUT2D eigenvalue weighted by Crippen LogP contribution is 2.57. The average Bonchev–Trinajstić information content (AvgIpc) is 3.41. The summed E-state index contributed by atoms with van der Waals surface area (Å²) in [6.07, 6.45) is 7.77. The zero-order chi connectivity index (χ0) is 40.7. The van der Waals surface area contributed by atoms with Crippen molar-refractivity contribution in [2.75, 3.05) is 23.3 Å². The molecule has 1 atom stereocenters. The molecule has 3 aliphatic heterocycles. The number of anilines is 2. The number of nitrogens with one attached hydrogen (secondary N) is 2. The fourth-order valence-electron chi connectivity index (χ4n) is 10.4. The van der Waals surface area contributed by atoms with Crippen LogP contribution in [0.15, 0.2) is 79.0 Å². The van der Waals surface area contributed by atoms with Crippen molar-refractivity contribution in [1.29, 1.82) is 0 Å². The Morgan fingerprint density at radius 1 is 0.831 bits per heavy atom. The van der Waals surface area contributed by atoms with Gasteiger partial charge in [-0.3, -0.25) is 29.4 Å². The fourth-order valence-corrected chi connectivity index (χ4v) is 10.4. The van der Waals surface area contributed by atoms with Crippen LogP contribution in [0.4, 0.5) is 11.6 Å². The van der Waals surface area contributed by atoms with Crippen molar-refractivity contribution < 1.29 is 33.8 Å². The van der Waals surface area contributed by atoms with E-state index in [1.54, 1.807) is 18.3 Å². The van der Waals surface area contributed by atoms with E-state index in [1.165, 1.54) is 11.1 Å². The molecule has 4 aromatic rings. The lowest BCUT2D eigenvalue weighted by Gasteiger charge is -2.57. The predicted molar refractivity (Wildman–Crippen MR) is 217 cm³/mol. The lowest BCUT2D eigenvalue weighted by atomic mass is 9.53. The van der Waals surface area contributed by atoms with Crippen LogP contribution in [0.1, 0.15) is 103 Å². The van der Waals surface area contributed by atoms with Crippen molar-refractivity contribution >= 4 is 35.3 Å². The molecule has 3 N–H and O–H groups in total. The number of ether oxygens (including phenoxy) is 2. The van der Waals surface area contributed by atoms with Crippen molar-refractivity contribution in [3.05, 3.63) is 107 Å². The van der Waals surface area contributed by atoms with E-state index in [9.17, 15) is 24.3 Å². The Morgan fingerprint density at radius 2 is 1.51 bits per heavy atom. The van der Waals surface area contributed by atoms with Gasteiger partial charge >= 0.3 is 0 Å². The lowest BCUT2D eigenvalue weighted by Crippen LogP contribution is -2.64. The molecule has 3 aliphatic carbocycles. The van der Waals surface area contributed by atoms with Gasteiger partial charge in [0.2, 0.25) is 17.8 Å². The van der Waals surface area contributed by atoms with Crippen LogP contribution in [0.25, 0.3) is 0 Å². The number of benzene rings is 3. The molecule has 2 spiro atoms. The van der Waals surface area contributed by atoms with Gasteiger partial charge in [0.25, 0.3) is 11.8 Å². The van der Waals surface area contributed by atoms with Crippen LogP contribution in [0.5, 0.6) is 11.5 Å². The summed E-state index contributed by atoms with van der Waals surface area (Å²) >= 11 is 0. The Hall–Kier alpha value is -5.82. The summed E-state index contributed by atoms with van der Waals surface area (Å²) in [5, 5.41) is 15.5. The highest BCUT2D eigenvalue weighted by Gasteiger charge is 2.54. The van der Waals surface area contributed by atoms with Gasteiger partial charge in [-0.25, -0.2) is 9.97 Å². The Balaban J connectivity index is 0.678. The minimum atomic E-state index is -0.975. The van der Waals surface area contributed by atoms with Crippen LogP contribution >= 0.6 is 0 Å². The summed E-state index contributed by atoms with van der Waals surface area (Å²) < 4.78 is 12.5. The Morgan fingerprint density at radius 3 is 2.19 bits per heavy atom. The highest BCUT2D eigenvalue weighted by molar-refractivity contribution is 6.23. The number of piperidine rings is 1. The van der Waals surface area contributed by atoms with Gasteiger partial charge in [-0.05, 0) is 110 Å². The highest BCUT2D eigenvalue weighted by atomic mass is 16.5. The van der Waals surface area contributed by atoms with Crippen molar-refractivity contribution in [3.8, 4) is 11.5 Å². The first kappa shape index (κ1) is 37.5. The molecule has 0 bridgehead atoms. The van der Waals surface area contributed by atoms with Crippen molar-refractivity contribution in [2.45, 2.75) is 102 Å². The maximum absolute atomic E-state index is 13.2. The van der Waals surface area contributed by atoms with Crippen LogP contribution < -0.4 is 25.0 Å². The first-order chi connectivity index (χ1) is 28.3. The van der Waals surface area contributed by atoms with Crippen LogP contribution in [0, 0.1) is 10.8 Å². The Bertz CT molecular complexity index is 2340. The second kappa shape index (κ2) is 13.9. The van der Waals surface area contributed by atoms with E-state index in [0.717, 1.165) is 85.3 Å². The number of carbonyl (C=O) groups is 4. The molecule has 1 unspecified atom stereocenters. The monoisotopic (exact) mass is 796 g/mol. The zero-order valence-corrected chi connectivity index (χ0v) is 33.3. The van der Waals surface area contributed by atoms with Crippen LogP contribution in [-0.4, -0.2) is 81.0 Å². The van der Waals surface area contributed by atoms with Gasteiger partial charge in [0.15, 0.2) is 0 Å². The topological polar surface area (TPSA) is 163 Å². The van der Waals surface area contributed by atoms with Gasteiger partial charge in [0.1, 0.15) is 24.1 Å². The van der Waals surface area contributed by atoms with Crippen molar-refractivity contribution in [2.24, 2.45) is 10.8 Å². The summed E-state index contributed by atoms with van der Waals surface area (Å²) in [7, 11) is 0. The third kappa shape index (κ3) is 6.78. The van der Waals surface area contributed by atoms with E-state index in [0.29, 0.717) is 6.61 Å². The van der Waals surface area contributed by atoms with Gasteiger partial charge in [-0.15, -0.1) is 0 Å². The molecule has 0 radical (unpaired) electrons. The molecule has 5 fully saturated rings. The van der Waals surface area contributed by atoms with Gasteiger partial charge in [-0.1, -0.05) is 38.1 Å². The largest absolute Gasteiger partial charge is 0.490 e. The van der Waals surface area contributed by atoms with E-state index in [4.69, 9.17) is 14.5 Å². The SMILES string of the molecule is CC(C)(c1ccc(OCc2ccnc(N3CC4(CC(O)C4)C3)n2)cc1)c1ccc(OC2CC3(CC(Nc4ccc5c(c4)C(=O)N(C4CCC(=O)NC4=O)C5=O)C3)C2)cc1. The van der Waals surface area contributed by atoms with E-state index >= 15 is 0 Å². The lowest BCUT2D eigenvalue weighted by molar-refractivity contribution is -0.136. The van der Waals surface area contributed by atoms with Gasteiger partial charge in [0, 0.05) is 48.3 Å². The molecular weight excluding hydrogens is 749 g/mol. The predicted octanol–water partition coefficient (Wildman–Crippen LogP) is 5.55. The number of aliphatic hydroxyl groups excluding tert-OH is 1. The quantitative estimate of drug-likeness (QED) is 0.163. The van der Waals surface area contributed by atoms with Crippen LogP contribution in [0.2, 0.25) is 0 Å². The smallest absolute Gasteiger partial charge is 0.262 e. The third-order valence-electron chi connectivity index (χ3n) is 13.7. The molecule has 3 aromatic carbocycles. The molecular formula is C46H48N6O7. The number of carbonyl (C=O) groups excluding carboxylic acids is 4. The maximum Gasteiger partial charge on any atom is 0.262 e. The minimum absolute atomic E-state index is 0.0908. The summed E-state index contributed by atoms with van der Waals surface area (Å²) in [6.45, 7) is 6.60. The van der Waals surface area contributed by atoms with E-state index < -0.39 is 29.7 Å². The summed E-state index contributed by atoms with van der Waals surface area (Å²) in [5.41, 5.74) is 4.81. The number of rotatable bonds is 11. The van der Waals surface area contributed by atoms with E-state index in [1.807, 2.05) is 24.3 Å².